The maximum absolute atomic E-state index is 13.6. The van der Waals surface area contributed by atoms with E-state index in [0.29, 0.717) is 24.3 Å². The van der Waals surface area contributed by atoms with Crippen molar-refractivity contribution in [1.82, 2.24) is 0 Å². The molecule has 2 bridgehead atoms. The smallest absolute Gasteiger partial charge is 0.321 e. The second-order valence-electron chi connectivity index (χ2n) is 9.58. The molecule has 3 aliphatic heterocycles. The van der Waals surface area contributed by atoms with Crippen molar-refractivity contribution in [3.8, 4) is 0 Å². The average Bonchev–Trinajstić information content (AvgIpc) is 3.48. The van der Waals surface area contributed by atoms with Gasteiger partial charge in [0.1, 0.15) is 23.7 Å². The molecule has 4 unspecified atom stereocenters. The number of piperidine rings is 2. The Kier molecular flexibility index (Phi) is 4.34. The van der Waals surface area contributed by atoms with Gasteiger partial charge in [-0.1, -0.05) is 60.7 Å². The van der Waals surface area contributed by atoms with E-state index in [9.17, 15) is 4.79 Å². The van der Waals surface area contributed by atoms with E-state index in [4.69, 9.17) is 9.47 Å². The number of ether oxygens (including phenoxy) is 2. The van der Waals surface area contributed by atoms with Crippen LogP contribution in [0.3, 0.4) is 0 Å². The van der Waals surface area contributed by atoms with Gasteiger partial charge in [0.25, 0.3) is 0 Å². The first-order chi connectivity index (χ1) is 13.9. The van der Waals surface area contributed by atoms with E-state index in [1.54, 1.807) is 0 Å². The van der Waals surface area contributed by atoms with Crippen molar-refractivity contribution < 1.29 is 18.8 Å². The van der Waals surface area contributed by atoms with Crippen LogP contribution in [0, 0.1) is 0 Å². The second kappa shape index (κ2) is 6.68. The summed E-state index contributed by atoms with van der Waals surface area (Å²) in [5.74, 6) is -0.154. The number of rotatable bonds is 4. The predicted octanol–water partition coefficient (Wildman–Crippen LogP) is 3.68. The van der Waals surface area contributed by atoms with E-state index in [2.05, 4.69) is 14.1 Å². The Morgan fingerprint density at radius 1 is 0.966 bits per heavy atom. The Morgan fingerprint density at radius 2 is 1.55 bits per heavy atom. The van der Waals surface area contributed by atoms with Gasteiger partial charge in [0.05, 0.1) is 26.2 Å². The van der Waals surface area contributed by atoms with E-state index in [1.165, 1.54) is 0 Å². The number of likely N-dealkylation sites (N-methyl/N-ethyl adjacent to an activating group) is 1. The highest BCUT2D eigenvalue weighted by molar-refractivity contribution is 5.87. The minimum Gasteiger partial charge on any atom is -0.461 e. The van der Waals surface area contributed by atoms with Gasteiger partial charge in [0.15, 0.2) is 0 Å². The minimum atomic E-state index is -0.821. The zero-order valence-corrected chi connectivity index (χ0v) is 17.5. The van der Waals surface area contributed by atoms with Crippen molar-refractivity contribution in [2.75, 3.05) is 14.1 Å². The molecule has 0 spiro atoms. The molecule has 0 amide bonds. The van der Waals surface area contributed by atoms with Gasteiger partial charge >= 0.3 is 5.97 Å². The first-order valence-electron chi connectivity index (χ1n) is 10.7. The van der Waals surface area contributed by atoms with Crippen LogP contribution < -0.4 is 0 Å². The number of carbonyl (C=O) groups is 1. The third-order valence-corrected chi connectivity index (χ3v) is 7.72. The Balaban J connectivity index is 1.42. The maximum atomic E-state index is 13.6. The van der Waals surface area contributed by atoms with Gasteiger partial charge in [0.2, 0.25) is 0 Å². The Labute approximate surface area is 173 Å². The number of hydrogen-bond donors (Lipinski definition) is 0. The molecule has 152 valence electrons. The maximum Gasteiger partial charge on any atom is 0.321 e. The van der Waals surface area contributed by atoms with Crippen LogP contribution in [-0.4, -0.2) is 54.9 Å². The molecule has 0 radical (unpaired) electrons. The van der Waals surface area contributed by atoms with Crippen LogP contribution in [0.5, 0.6) is 0 Å². The molecule has 2 aromatic carbocycles. The van der Waals surface area contributed by atoms with E-state index < -0.39 is 5.41 Å². The average molecular weight is 393 g/mol. The number of fused-ring (bicyclic) bond motifs is 4. The fraction of sp³-hybridized carbons (Fsp3) is 0.480. The first kappa shape index (κ1) is 18.8. The molecule has 2 aromatic rings. The first-order valence-corrected chi connectivity index (χ1v) is 10.7. The Bertz CT molecular complexity index is 855. The number of esters is 1. The largest absolute Gasteiger partial charge is 0.461 e. The van der Waals surface area contributed by atoms with Gasteiger partial charge in [-0.3, -0.25) is 4.79 Å². The summed E-state index contributed by atoms with van der Waals surface area (Å²) in [4.78, 5) is 13.6. The molecule has 5 atom stereocenters. The van der Waals surface area contributed by atoms with Crippen LogP contribution in [-0.2, 0) is 19.7 Å². The minimum absolute atomic E-state index is 0.0412. The van der Waals surface area contributed by atoms with Gasteiger partial charge in [-0.2, -0.15) is 0 Å². The van der Waals surface area contributed by atoms with Gasteiger partial charge in [-0.15, -0.1) is 0 Å². The van der Waals surface area contributed by atoms with Crippen LogP contribution in [0.1, 0.15) is 37.3 Å². The highest BCUT2D eigenvalue weighted by atomic mass is 16.6. The van der Waals surface area contributed by atoms with Crippen molar-refractivity contribution in [2.45, 2.75) is 62.0 Å². The summed E-state index contributed by atoms with van der Waals surface area (Å²) < 4.78 is 13.2. The van der Waals surface area contributed by atoms with Gasteiger partial charge < -0.3 is 14.0 Å². The van der Waals surface area contributed by atoms with Crippen molar-refractivity contribution in [3.63, 3.8) is 0 Å². The quantitative estimate of drug-likeness (QED) is 0.453. The molecule has 0 aromatic heterocycles. The molecule has 3 heterocycles. The number of benzene rings is 2. The van der Waals surface area contributed by atoms with Crippen LogP contribution in [0.25, 0.3) is 0 Å². The number of quaternary nitrogens is 1. The number of epoxide rings is 1. The van der Waals surface area contributed by atoms with Crippen LogP contribution >= 0.6 is 0 Å². The predicted molar refractivity (Wildman–Crippen MR) is 111 cm³/mol. The molecule has 0 saturated carbocycles. The molecule has 29 heavy (non-hydrogen) atoms. The van der Waals surface area contributed by atoms with E-state index in [1.807, 2.05) is 67.6 Å². The normalized spacial score (nSPS) is 32.2. The summed E-state index contributed by atoms with van der Waals surface area (Å²) in [6.07, 6.45) is 3.62. The summed E-state index contributed by atoms with van der Waals surface area (Å²) in [6.45, 7) is 1.99. The summed E-state index contributed by atoms with van der Waals surface area (Å²) >= 11 is 0. The lowest BCUT2D eigenvalue weighted by molar-refractivity contribution is -0.948. The Morgan fingerprint density at radius 3 is 2.14 bits per heavy atom. The van der Waals surface area contributed by atoms with Crippen molar-refractivity contribution >= 4 is 5.97 Å². The monoisotopic (exact) mass is 392 g/mol. The molecular formula is C25H30NO3+. The molecule has 3 aliphatic rings. The molecule has 0 N–H and O–H groups in total. The summed E-state index contributed by atoms with van der Waals surface area (Å²) in [5, 5.41) is 0. The molecule has 4 heteroatoms. The summed E-state index contributed by atoms with van der Waals surface area (Å²) in [6, 6.07) is 20.9. The van der Waals surface area contributed by atoms with Gasteiger partial charge in [0, 0.05) is 19.3 Å². The SMILES string of the molecule is CC(C(=O)O[C@@H]1CC2CC3OC3C(C1)[N+]2(C)C)(c1ccccc1)c1ccccc1. The van der Waals surface area contributed by atoms with Crippen LogP contribution in [0.15, 0.2) is 60.7 Å². The highest BCUT2D eigenvalue weighted by Crippen LogP contribution is 2.48. The summed E-state index contributed by atoms with van der Waals surface area (Å²) in [7, 11) is 4.62. The van der Waals surface area contributed by atoms with Crippen LogP contribution in [0.2, 0.25) is 0 Å². The number of carbonyl (C=O) groups excluding carboxylic acids is 1. The lowest BCUT2D eigenvalue weighted by Crippen LogP contribution is -2.66. The van der Waals surface area contributed by atoms with Gasteiger partial charge in [-0.25, -0.2) is 0 Å². The molecule has 5 rings (SSSR count). The molecule has 0 aliphatic carbocycles. The zero-order valence-electron chi connectivity index (χ0n) is 17.5. The molecule has 3 fully saturated rings. The second-order valence-corrected chi connectivity index (χ2v) is 9.58. The molecule has 3 saturated heterocycles. The van der Waals surface area contributed by atoms with E-state index in [0.717, 1.165) is 34.9 Å². The van der Waals surface area contributed by atoms with Gasteiger partial charge in [-0.05, 0) is 18.1 Å². The molecule has 4 nitrogen and oxygen atoms in total. The third-order valence-electron chi connectivity index (χ3n) is 7.72. The fourth-order valence-electron chi connectivity index (χ4n) is 5.63. The topological polar surface area (TPSA) is 38.8 Å². The van der Waals surface area contributed by atoms with Crippen molar-refractivity contribution in [2.24, 2.45) is 0 Å². The van der Waals surface area contributed by atoms with E-state index >= 15 is 0 Å². The van der Waals surface area contributed by atoms with Crippen LogP contribution in [0.4, 0.5) is 0 Å². The highest BCUT2D eigenvalue weighted by Gasteiger charge is 2.63. The van der Waals surface area contributed by atoms with Crippen molar-refractivity contribution in [1.29, 1.82) is 0 Å². The molecular weight excluding hydrogens is 362 g/mol. The summed E-state index contributed by atoms with van der Waals surface area (Å²) in [5.41, 5.74) is 1.11. The number of hydrogen-bond acceptors (Lipinski definition) is 3. The lowest BCUT2D eigenvalue weighted by atomic mass is 9.76. The zero-order chi connectivity index (χ0) is 20.2. The third kappa shape index (κ3) is 3.01. The standard InChI is InChI=1S/C25H30NO3/c1-25(17-10-6-4-7-11-17,18-12-8-5-9-13-18)24(27)28-20-14-19-15-22-23(29-22)21(16-20)26(19,2)3/h4-13,19-23H,14-16H2,1-3H3/q+1/t19?,20-,21?,22?,23?/m1/s1. The fourth-order valence-corrected chi connectivity index (χ4v) is 5.63. The lowest BCUT2D eigenvalue weighted by Gasteiger charge is -2.51. The van der Waals surface area contributed by atoms with E-state index in [-0.39, 0.29) is 12.1 Å². The van der Waals surface area contributed by atoms with Crippen molar-refractivity contribution in [3.05, 3.63) is 71.8 Å². The Hall–Kier alpha value is -2.17. The number of nitrogens with zero attached hydrogens (tertiary/aromatic N) is 1.